The van der Waals surface area contributed by atoms with E-state index in [1.54, 1.807) is 24.3 Å². The van der Waals surface area contributed by atoms with Gasteiger partial charge in [0.05, 0.1) is 4.90 Å². The number of rotatable bonds is 3. The second-order valence-electron chi connectivity index (χ2n) is 5.77. The summed E-state index contributed by atoms with van der Waals surface area (Å²) >= 11 is 6.26. The van der Waals surface area contributed by atoms with E-state index in [-0.39, 0.29) is 15.7 Å². The Bertz CT molecular complexity index is 1220. The van der Waals surface area contributed by atoms with Gasteiger partial charge < -0.3 is 5.73 Å². The van der Waals surface area contributed by atoms with Gasteiger partial charge in [-0.15, -0.1) is 4.09 Å². The molecule has 1 aromatic heterocycles. The van der Waals surface area contributed by atoms with E-state index in [1.807, 2.05) is 42.5 Å². The van der Waals surface area contributed by atoms with E-state index in [1.165, 1.54) is 6.07 Å². The van der Waals surface area contributed by atoms with Crippen molar-refractivity contribution in [3.05, 3.63) is 77.8 Å². The molecule has 0 bridgehead atoms. The summed E-state index contributed by atoms with van der Waals surface area (Å²) in [5.41, 5.74) is 6.99. The van der Waals surface area contributed by atoms with E-state index in [9.17, 15) is 8.42 Å². The number of nitrogens with zero attached hydrogens (tertiary/aromatic N) is 2. The summed E-state index contributed by atoms with van der Waals surface area (Å²) in [6.07, 6.45) is 0. The fourth-order valence-corrected chi connectivity index (χ4v) is 4.32. The molecule has 0 fully saturated rings. The molecule has 0 saturated carbocycles. The van der Waals surface area contributed by atoms with Gasteiger partial charge in [-0.25, -0.2) is 0 Å². The first-order valence-corrected chi connectivity index (χ1v) is 9.64. The molecule has 5 nitrogen and oxygen atoms in total. The molecule has 0 aliphatic heterocycles. The number of aromatic nitrogens is 2. The van der Waals surface area contributed by atoms with Crippen molar-refractivity contribution in [2.45, 2.75) is 4.90 Å². The molecule has 4 aromatic rings. The first-order valence-electron chi connectivity index (χ1n) is 7.82. The summed E-state index contributed by atoms with van der Waals surface area (Å²) in [6, 6.07) is 21.5. The summed E-state index contributed by atoms with van der Waals surface area (Å²) in [5, 5.41) is 6.05. The van der Waals surface area contributed by atoms with Crippen LogP contribution >= 0.6 is 11.6 Å². The molecule has 0 atom stereocenters. The van der Waals surface area contributed by atoms with Crippen LogP contribution in [0.4, 0.5) is 5.82 Å². The molecule has 0 aliphatic carbocycles. The van der Waals surface area contributed by atoms with Gasteiger partial charge in [-0.05, 0) is 22.9 Å². The number of hydrogen-bond acceptors (Lipinski definition) is 4. The van der Waals surface area contributed by atoms with E-state index >= 15 is 0 Å². The number of benzene rings is 3. The predicted molar refractivity (Wildman–Crippen MR) is 104 cm³/mol. The van der Waals surface area contributed by atoms with Gasteiger partial charge in [-0.2, -0.15) is 13.5 Å². The zero-order valence-corrected chi connectivity index (χ0v) is 15.1. The van der Waals surface area contributed by atoms with Crippen LogP contribution in [-0.4, -0.2) is 17.6 Å². The van der Waals surface area contributed by atoms with Crippen LogP contribution in [0, 0.1) is 0 Å². The van der Waals surface area contributed by atoms with Crippen molar-refractivity contribution in [3.8, 4) is 11.3 Å². The summed E-state index contributed by atoms with van der Waals surface area (Å²) in [5.74, 6) is -0.112. The average Bonchev–Trinajstić information content (AvgIpc) is 2.98. The van der Waals surface area contributed by atoms with Gasteiger partial charge in [0.15, 0.2) is 5.82 Å². The van der Waals surface area contributed by atoms with Crippen LogP contribution in [0.3, 0.4) is 0 Å². The van der Waals surface area contributed by atoms with Crippen molar-refractivity contribution in [2.24, 2.45) is 0 Å². The Kier molecular flexibility index (Phi) is 3.94. The first kappa shape index (κ1) is 16.6. The molecule has 0 aliphatic rings. The molecular formula is C19H14ClN3O2S. The normalized spacial score (nSPS) is 11.7. The molecule has 0 saturated heterocycles. The number of hydrogen-bond donors (Lipinski definition) is 1. The zero-order chi connectivity index (χ0) is 18.3. The summed E-state index contributed by atoms with van der Waals surface area (Å²) in [4.78, 5) is 0.0988. The fourth-order valence-electron chi connectivity index (χ4n) is 2.79. The molecule has 4 rings (SSSR count). The third kappa shape index (κ3) is 2.64. The fraction of sp³-hybridized carbons (Fsp3) is 0. The lowest BCUT2D eigenvalue weighted by Gasteiger charge is -2.07. The molecule has 0 radical (unpaired) electrons. The van der Waals surface area contributed by atoms with E-state index in [0.29, 0.717) is 11.3 Å². The highest BCUT2D eigenvalue weighted by Crippen LogP contribution is 2.34. The monoisotopic (exact) mass is 383 g/mol. The minimum Gasteiger partial charge on any atom is -0.382 e. The summed E-state index contributed by atoms with van der Waals surface area (Å²) in [6.45, 7) is 0. The number of halogens is 1. The molecule has 130 valence electrons. The maximum absolute atomic E-state index is 13.1. The van der Waals surface area contributed by atoms with Gasteiger partial charge >= 0.3 is 0 Å². The SMILES string of the molecule is Nc1c(Cl)c(-c2ccccc2)nn1S(=O)(=O)c1ccc2ccccc2c1. The molecule has 26 heavy (non-hydrogen) atoms. The minimum absolute atomic E-state index is 0.0988. The van der Waals surface area contributed by atoms with Gasteiger partial charge in [-0.1, -0.05) is 72.3 Å². The highest BCUT2D eigenvalue weighted by molar-refractivity contribution is 7.90. The Morgan fingerprint density at radius 3 is 2.27 bits per heavy atom. The van der Waals surface area contributed by atoms with Crippen molar-refractivity contribution in [1.82, 2.24) is 9.19 Å². The largest absolute Gasteiger partial charge is 0.382 e. The Balaban J connectivity index is 1.88. The lowest BCUT2D eigenvalue weighted by Crippen LogP contribution is -2.17. The second kappa shape index (κ2) is 6.16. The van der Waals surface area contributed by atoms with Crippen LogP contribution in [0.5, 0.6) is 0 Å². The van der Waals surface area contributed by atoms with Gasteiger partial charge in [0, 0.05) is 5.56 Å². The molecule has 7 heteroatoms. The molecule has 0 amide bonds. The quantitative estimate of drug-likeness (QED) is 0.575. The number of anilines is 1. The van der Waals surface area contributed by atoms with E-state index in [2.05, 4.69) is 5.10 Å². The topological polar surface area (TPSA) is 78.0 Å². The van der Waals surface area contributed by atoms with Crippen LogP contribution in [0.2, 0.25) is 5.02 Å². The van der Waals surface area contributed by atoms with Crippen LogP contribution in [0.15, 0.2) is 77.7 Å². The molecule has 2 N–H and O–H groups in total. The van der Waals surface area contributed by atoms with Crippen molar-refractivity contribution < 1.29 is 8.42 Å². The summed E-state index contributed by atoms with van der Waals surface area (Å²) in [7, 11) is -3.97. The Morgan fingerprint density at radius 1 is 0.885 bits per heavy atom. The Labute approximate surface area is 155 Å². The van der Waals surface area contributed by atoms with Crippen LogP contribution < -0.4 is 5.73 Å². The third-order valence-electron chi connectivity index (χ3n) is 4.12. The lowest BCUT2D eigenvalue weighted by molar-refractivity contribution is 0.581. The van der Waals surface area contributed by atoms with Gasteiger partial charge in [0.1, 0.15) is 10.7 Å². The Hall–Kier alpha value is -2.83. The van der Waals surface area contributed by atoms with Crippen LogP contribution in [0.1, 0.15) is 0 Å². The number of nitrogens with two attached hydrogens (primary N) is 1. The third-order valence-corrected chi connectivity index (χ3v) is 6.08. The van der Waals surface area contributed by atoms with Crippen molar-refractivity contribution in [2.75, 3.05) is 5.73 Å². The molecule has 0 spiro atoms. The highest BCUT2D eigenvalue weighted by Gasteiger charge is 2.25. The average molecular weight is 384 g/mol. The zero-order valence-electron chi connectivity index (χ0n) is 13.5. The molecule has 1 heterocycles. The maximum Gasteiger partial charge on any atom is 0.284 e. The van der Waals surface area contributed by atoms with E-state index in [0.717, 1.165) is 14.9 Å². The van der Waals surface area contributed by atoms with Gasteiger partial charge in [0.2, 0.25) is 0 Å². The second-order valence-corrected chi connectivity index (χ2v) is 7.92. The maximum atomic E-state index is 13.1. The van der Waals surface area contributed by atoms with Gasteiger partial charge in [0.25, 0.3) is 10.0 Å². The summed E-state index contributed by atoms with van der Waals surface area (Å²) < 4.78 is 26.9. The molecule has 0 unspecified atom stereocenters. The van der Waals surface area contributed by atoms with E-state index < -0.39 is 10.0 Å². The van der Waals surface area contributed by atoms with Crippen molar-refractivity contribution >= 4 is 38.2 Å². The Morgan fingerprint density at radius 2 is 1.54 bits per heavy atom. The predicted octanol–water partition coefficient (Wildman–Crippen LogP) is 4.18. The smallest absolute Gasteiger partial charge is 0.284 e. The number of fused-ring (bicyclic) bond motifs is 1. The van der Waals surface area contributed by atoms with Crippen LogP contribution in [-0.2, 0) is 10.0 Å². The number of nitrogen functional groups attached to an aromatic ring is 1. The first-order chi connectivity index (χ1) is 12.5. The minimum atomic E-state index is -3.97. The standard InChI is InChI=1S/C19H14ClN3O2S/c20-17-18(14-7-2-1-3-8-14)22-23(19(17)21)26(24,25)16-11-10-13-6-4-5-9-15(13)12-16/h1-12H,21H2. The highest BCUT2D eigenvalue weighted by atomic mass is 35.5. The van der Waals surface area contributed by atoms with Crippen molar-refractivity contribution in [1.29, 1.82) is 0 Å². The molecule has 3 aromatic carbocycles. The van der Waals surface area contributed by atoms with Crippen molar-refractivity contribution in [3.63, 3.8) is 0 Å². The van der Waals surface area contributed by atoms with E-state index in [4.69, 9.17) is 17.3 Å². The molecular weight excluding hydrogens is 370 g/mol. The van der Waals surface area contributed by atoms with Crippen LogP contribution in [0.25, 0.3) is 22.0 Å². The van der Waals surface area contributed by atoms with Gasteiger partial charge in [-0.3, -0.25) is 0 Å². The lowest BCUT2D eigenvalue weighted by atomic mass is 10.1.